The highest BCUT2D eigenvalue weighted by molar-refractivity contribution is 5.97. The third-order valence-corrected chi connectivity index (χ3v) is 6.20. The summed E-state index contributed by atoms with van der Waals surface area (Å²) in [6, 6.07) is 6.16. The number of hydrogen-bond donors (Lipinski definition) is 1. The number of fused-ring (bicyclic) bond motifs is 1. The van der Waals surface area contributed by atoms with Crippen molar-refractivity contribution >= 4 is 16.9 Å². The first-order valence-electron chi connectivity index (χ1n) is 10.6. The van der Waals surface area contributed by atoms with Gasteiger partial charge in [0, 0.05) is 24.3 Å². The van der Waals surface area contributed by atoms with Gasteiger partial charge < -0.3 is 5.32 Å². The van der Waals surface area contributed by atoms with E-state index in [1.54, 1.807) is 0 Å². The number of carbonyl (C=O) groups excluding carboxylic acids is 1. The van der Waals surface area contributed by atoms with Gasteiger partial charge in [-0.25, -0.2) is 4.68 Å². The summed E-state index contributed by atoms with van der Waals surface area (Å²) < 4.78 is 3.94. The van der Waals surface area contributed by atoms with Gasteiger partial charge in [0.2, 0.25) is 0 Å². The lowest BCUT2D eigenvalue weighted by atomic mass is 9.95. The van der Waals surface area contributed by atoms with Crippen LogP contribution in [0.4, 0.5) is 0 Å². The topological polar surface area (TPSA) is 77.6 Å². The molecule has 7 heteroatoms. The van der Waals surface area contributed by atoms with E-state index in [1.165, 1.54) is 24.8 Å². The number of rotatable bonds is 5. The average molecular weight is 395 g/mol. The van der Waals surface area contributed by atoms with Crippen LogP contribution in [-0.4, -0.2) is 36.7 Å². The number of aromatic nitrogens is 5. The largest absolute Gasteiger partial charge is 0.349 e. The van der Waals surface area contributed by atoms with Gasteiger partial charge in [-0.15, -0.1) is 5.10 Å². The number of nitrogens with one attached hydrogen (secondary N) is 1. The predicted molar refractivity (Wildman–Crippen MR) is 113 cm³/mol. The lowest BCUT2D eigenvalue weighted by Gasteiger charge is -2.21. The summed E-state index contributed by atoms with van der Waals surface area (Å²) in [5.74, 6) is -0.0780. The first-order valence-corrected chi connectivity index (χ1v) is 10.6. The lowest BCUT2D eigenvalue weighted by Crippen LogP contribution is -2.34. The molecule has 1 saturated carbocycles. The summed E-state index contributed by atoms with van der Waals surface area (Å²) >= 11 is 0. The maximum absolute atomic E-state index is 12.8. The second kappa shape index (κ2) is 7.97. The molecular formula is C22H30N6O. The number of hydrogen-bond acceptors (Lipinski definition) is 4. The molecule has 1 amide bonds. The Morgan fingerprint density at radius 1 is 1.24 bits per heavy atom. The van der Waals surface area contributed by atoms with E-state index in [4.69, 9.17) is 0 Å². The van der Waals surface area contributed by atoms with Crippen LogP contribution >= 0.6 is 0 Å². The molecule has 0 aliphatic heterocycles. The van der Waals surface area contributed by atoms with E-state index in [2.05, 4.69) is 27.7 Å². The summed E-state index contributed by atoms with van der Waals surface area (Å²) in [5.41, 5.74) is 5.79. The van der Waals surface area contributed by atoms with Crippen LogP contribution in [0.1, 0.15) is 72.4 Å². The minimum atomic E-state index is -0.0780. The zero-order valence-corrected chi connectivity index (χ0v) is 17.8. The summed E-state index contributed by atoms with van der Waals surface area (Å²) in [5, 5.41) is 16.3. The molecule has 1 fully saturated rings. The first-order chi connectivity index (χ1) is 13.9. The van der Waals surface area contributed by atoms with Crippen LogP contribution in [0.25, 0.3) is 11.0 Å². The fraction of sp³-hybridized carbons (Fsp3) is 0.545. The highest BCUT2D eigenvalue weighted by Crippen LogP contribution is 2.30. The second-order valence-corrected chi connectivity index (χ2v) is 8.38. The van der Waals surface area contributed by atoms with Gasteiger partial charge in [-0.1, -0.05) is 24.5 Å². The number of carbonyl (C=O) groups is 1. The van der Waals surface area contributed by atoms with Gasteiger partial charge in [0.05, 0.1) is 17.3 Å². The average Bonchev–Trinajstić information content (AvgIpc) is 3.24. The lowest BCUT2D eigenvalue weighted by molar-refractivity contribution is 0.0940. The van der Waals surface area contributed by atoms with Crippen molar-refractivity contribution < 1.29 is 4.79 Å². The van der Waals surface area contributed by atoms with Crippen molar-refractivity contribution in [3.8, 4) is 0 Å². The molecule has 4 rings (SSSR count). The molecule has 0 bridgehead atoms. The minimum absolute atomic E-state index is 0.0118. The van der Waals surface area contributed by atoms with Crippen molar-refractivity contribution in [1.29, 1.82) is 0 Å². The van der Waals surface area contributed by atoms with Crippen LogP contribution in [0.15, 0.2) is 18.2 Å². The Morgan fingerprint density at radius 2 is 2.00 bits per heavy atom. The van der Waals surface area contributed by atoms with Gasteiger partial charge in [0.15, 0.2) is 0 Å². The molecule has 2 aromatic heterocycles. The van der Waals surface area contributed by atoms with Gasteiger partial charge in [-0.3, -0.25) is 9.48 Å². The van der Waals surface area contributed by atoms with Crippen molar-refractivity contribution in [2.75, 3.05) is 0 Å². The van der Waals surface area contributed by atoms with Gasteiger partial charge in [0.25, 0.3) is 5.91 Å². The fourth-order valence-corrected chi connectivity index (χ4v) is 4.46. The third-order valence-electron chi connectivity index (χ3n) is 6.20. The minimum Gasteiger partial charge on any atom is -0.349 e. The molecule has 29 heavy (non-hydrogen) atoms. The van der Waals surface area contributed by atoms with Crippen molar-refractivity contribution in [3.05, 3.63) is 40.7 Å². The summed E-state index contributed by atoms with van der Waals surface area (Å²) in [7, 11) is 1.95. The zero-order chi connectivity index (χ0) is 20.5. The van der Waals surface area contributed by atoms with Crippen LogP contribution in [-0.2, 0) is 13.5 Å². The molecule has 1 atom stereocenters. The molecule has 3 aromatic rings. The molecule has 1 aliphatic rings. The summed E-state index contributed by atoms with van der Waals surface area (Å²) in [6.07, 6.45) is 6.89. The fourth-order valence-electron chi connectivity index (χ4n) is 4.46. The Balaban J connectivity index is 1.47. The normalized spacial score (nSPS) is 16.3. The maximum atomic E-state index is 12.8. The maximum Gasteiger partial charge on any atom is 0.251 e. The monoisotopic (exact) mass is 394 g/mol. The van der Waals surface area contributed by atoms with Gasteiger partial charge >= 0.3 is 0 Å². The highest BCUT2D eigenvalue weighted by atomic mass is 16.1. The Morgan fingerprint density at radius 3 is 2.69 bits per heavy atom. The van der Waals surface area contributed by atoms with E-state index < -0.39 is 0 Å². The number of benzene rings is 1. The standard InChI is InChI=1S/C22H30N6O/c1-14(12-19-15(2)25-27(4)16(19)3)23-22(29)17-10-11-21-20(13-17)24-26-28(21)18-8-6-5-7-9-18/h10-11,13-14,18H,5-9,12H2,1-4H3,(H,23,29)/t14-/m1/s1. The summed E-state index contributed by atoms with van der Waals surface area (Å²) in [4.78, 5) is 12.8. The Labute approximate surface area is 171 Å². The molecule has 1 N–H and O–H groups in total. The van der Waals surface area contributed by atoms with E-state index in [1.807, 2.05) is 48.5 Å². The van der Waals surface area contributed by atoms with Crippen LogP contribution in [0.3, 0.4) is 0 Å². The molecule has 1 aromatic carbocycles. The smallest absolute Gasteiger partial charge is 0.251 e. The molecule has 0 radical (unpaired) electrons. The van der Waals surface area contributed by atoms with Gasteiger partial charge in [-0.05, 0) is 63.8 Å². The quantitative estimate of drug-likeness (QED) is 0.717. The van der Waals surface area contributed by atoms with Crippen LogP contribution in [0.2, 0.25) is 0 Å². The molecule has 0 spiro atoms. The molecule has 154 valence electrons. The number of nitrogens with zero attached hydrogens (tertiary/aromatic N) is 5. The predicted octanol–water partition coefficient (Wildman–Crippen LogP) is 3.65. The molecular weight excluding hydrogens is 364 g/mol. The molecule has 2 heterocycles. The van der Waals surface area contributed by atoms with Gasteiger partial charge in [0.1, 0.15) is 5.52 Å². The van der Waals surface area contributed by atoms with Gasteiger partial charge in [-0.2, -0.15) is 5.10 Å². The SMILES string of the molecule is Cc1nn(C)c(C)c1C[C@@H](C)NC(=O)c1ccc2c(c1)nnn2C1CCCCC1. The van der Waals surface area contributed by atoms with E-state index in [-0.39, 0.29) is 11.9 Å². The van der Waals surface area contributed by atoms with Crippen molar-refractivity contribution in [2.24, 2.45) is 7.05 Å². The van der Waals surface area contributed by atoms with Crippen molar-refractivity contribution in [3.63, 3.8) is 0 Å². The Hall–Kier alpha value is -2.70. The first kappa shape index (κ1) is 19.6. The van der Waals surface area contributed by atoms with Crippen molar-refractivity contribution in [2.45, 2.75) is 71.4 Å². The van der Waals surface area contributed by atoms with Crippen LogP contribution in [0, 0.1) is 13.8 Å². The van der Waals surface area contributed by atoms with E-state index in [9.17, 15) is 4.79 Å². The molecule has 7 nitrogen and oxygen atoms in total. The number of aryl methyl sites for hydroxylation is 2. The van der Waals surface area contributed by atoms with E-state index in [0.717, 1.165) is 41.7 Å². The van der Waals surface area contributed by atoms with Crippen LogP contribution < -0.4 is 5.32 Å². The third kappa shape index (κ3) is 3.91. The second-order valence-electron chi connectivity index (χ2n) is 8.38. The van der Waals surface area contributed by atoms with Crippen molar-refractivity contribution in [1.82, 2.24) is 30.1 Å². The molecule has 0 unspecified atom stereocenters. The van der Waals surface area contributed by atoms with Crippen LogP contribution in [0.5, 0.6) is 0 Å². The number of amides is 1. The molecule has 1 aliphatic carbocycles. The summed E-state index contributed by atoms with van der Waals surface area (Å²) in [6.45, 7) is 6.11. The molecule has 0 saturated heterocycles. The van der Waals surface area contributed by atoms with E-state index >= 15 is 0 Å². The zero-order valence-electron chi connectivity index (χ0n) is 17.8. The highest BCUT2D eigenvalue weighted by Gasteiger charge is 2.20. The van der Waals surface area contributed by atoms with E-state index in [0.29, 0.717) is 11.6 Å². The Bertz CT molecular complexity index is 1030. The Kier molecular flexibility index (Phi) is 5.39.